The number of halogens is 1. The second kappa shape index (κ2) is 10.5. The molecule has 0 aliphatic carbocycles. The first-order chi connectivity index (χ1) is 14.3. The first-order valence-electron chi connectivity index (χ1n) is 10.1. The lowest BCUT2D eigenvalue weighted by atomic mass is 10.1. The number of sulfone groups is 1. The van der Waals surface area contributed by atoms with Gasteiger partial charge in [0, 0.05) is 24.2 Å². The van der Waals surface area contributed by atoms with Crippen molar-refractivity contribution >= 4 is 21.4 Å². The maximum atomic E-state index is 12.0. The van der Waals surface area contributed by atoms with Crippen LogP contribution in [0.2, 0.25) is 5.02 Å². The molecule has 2 aromatic carbocycles. The van der Waals surface area contributed by atoms with E-state index in [0.717, 1.165) is 11.3 Å². The molecular weight excluding hydrogens is 426 g/mol. The molecule has 1 aliphatic rings. The maximum Gasteiger partial charge on any atom is 0.151 e. The summed E-state index contributed by atoms with van der Waals surface area (Å²) in [6.07, 6.45) is -0.184. The van der Waals surface area contributed by atoms with Crippen molar-refractivity contribution in [1.82, 2.24) is 4.90 Å². The highest BCUT2D eigenvalue weighted by molar-refractivity contribution is 7.91. The number of nitrogens with zero attached hydrogens (tertiary/aromatic N) is 1. The number of hydrogen-bond donors (Lipinski definition) is 1. The maximum absolute atomic E-state index is 12.0. The van der Waals surface area contributed by atoms with Gasteiger partial charge in [0.1, 0.15) is 24.2 Å². The largest absolute Gasteiger partial charge is 0.494 e. The number of aliphatic hydroxyl groups excluding tert-OH is 1. The van der Waals surface area contributed by atoms with Crippen LogP contribution in [0.5, 0.6) is 11.5 Å². The number of ether oxygens (including phenoxy) is 2. The van der Waals surface area contributed by atoms with Crippen molar-refractivity contribution in [2.45, 2.75) is 32.0 Å². The molecule has 1 saturated heterocycles. The van der Waals surface area contributed by atoms with Gasteiger partial charge in [-0.2, -0.15) is 0 Å². The van der Waals surface area contributed by atoms with Crippen molar-refractivity contribution in [3.63, 3.8) is 0 Å². The molecule has 0 radical (unpaired) electrons. The lowest BCUT2D eigenvalue weighted by Crippen LogP contribution is -2.42. The van der Waals surface area contributed by atoms with Crippen LogP contribution in [0.1, 0.15) is 18.9 Å². The molecule has 1 N–H and O–H groups in total. The van der Waals surface area contributed by atoms with Crippen LogP contribution in [0.3, 0.4) is 0 Å². The summed E-state index contributed by atoms with van der Waals surface area (Å²) in [5.74, 6) is 1.73. The summed E-state index contributed by atoms with van der Waals surface area (Å²) in [5.41, 5.74) is 1.04. The minimum atomic E-state index is -3.03. The fraction of sp³-hybridized carbons (Fsp3) is 0.455. The molecule has 1 fully saturated rings. The Bertz CT molecular complexity index is 902. The van der Waals surface area contributed by atoms with Crippen molar-refractivity contribution in [2.24, 2.45) is 0 Å². The van der Waals surface area contributed by atoms with Gasteiger partial charge in [0.05, 0.1) is 18.1 Å². The Hall–Kier alpha value is -1.80. The Kier molecular flexibility index (Phi) is 7.99. The molecule has 30 heavy (non-hydrogen) atoms. The molecule has 8 heteroatoms. The van der Waals surface area contributed by atoms with Gasteiger partial charge in [0.2, 0.25) is 0 Å². The summed E-state index contributed by atoms with van der Waals surface area (Å²) >= 11 is 5.87. The van der Waals surface area contributed by atoms with Crippen molar-refractivity contribution in [2.75, 3.05) is 31.3 Å². The molecule has 0 amide bonds. The molecule has 0 aromatic heterocycles. The van der Waals surface area contributed by atoms with E-state index in [4.69, 9.17) is 21.1 Å². The molecule has 1 aliphatic heterocycles. The summed E-state index contributed by atoms with van der Waals surface area (Å²) in [5, 5.41) is 11.2. The van der Waals surface area contributed by atoms with Crippen LogP contribution < -0.4 is 9.47 Å². The molecule has 164 valence electrons. The third-order valence-electron chi connectivity index (χ3n) is 5.05. The number of rotatable bonds is 10. The van der Waals surface area contributed by atoms with E-state index in [9.17, 15) is 13.5 Å². The summed E-state index contributed by atoms with van der Waals surface area (Å²) in [7, 11) is -3.03. The Morgan fingerprint density at radius 2 is 1.73 bits per heavy atom. The van der Waals surface area contributed by atoms with E-state index in [2.05, 4.69) is 0 Å². The first kappa shape index (κ1) is 22.9. The zero-order valence-electron chi connectivity index (χ0n) is 17.0. The van der Waals surface area contributed by atoms with E-state index < -0.39 is 15.9 Å². The normalized spacial score (nSPS) is 19.0. The third-order valence-corrected chi connectivity index (χ3v) is 7.05. The lowest BCUT2D eigenvalue weighted by Gasteiger charge is -2.30. The average molecular weight is 454 g/mol. The van der Waals surface area contributed by atoms with Crippen LogP contribution in [0.4, 0.5) is 0 Å². The number of benzene rings is 2. The monoisotopic (exact) mass is 453 g/mol. The lowest BCUT2D eigenvalue weighted by molar-refractivity contribution is 0.0524. The molecule has 0 bridgehead atoms. The van der Waals surface area contributed by atoms with Crippen molar-refractivity contribution in [3.8, 4) is 11.5 Å². The van der Waals surface area contributed by atoms with E-state index in [0.29, 0.717) is 36.9 Å². The predicted molar refractivity (Wildman–Crippen MR) is 118 cm³/mol. The highest BCUT2D eigenvalue weighted by atomic mass is 35.5. The van der Waals surface area contributed by atoms with Gasteiger partial charge in [0.15, 0.2) is 9.84 Å². The van der Waals surface area contributed by atoms with Crippen LogP contribution in [-0.2, 0) is 16.4 Å². The summed E-state index contributed by atoms with van der Waals surface area (Å²) in [6, 6.07) is 14.6. The molecule has 0 saturated carbocycles. The van der Waals surface area contributed by atoms with Crippen molar-refractivity contribution in [1.29, 1.82) is 0 Å². The molecule has 2 aromatic rings. The second-order valence-electron chi connectivity index (χ2n) is 7.48. The Morgan fingerprint density at radius 3 is 2.33 bits per heavy atom. The summed E-state index contributed by atoms with van der Waals surface area (Å²) in [6.45, 7) is 3.52. The van der Waals surface area contributed by atoms with Crippen LogP contribution in [0.15, 0.2) is 48.5 Å². The van der Waals surface area contributed by atoms with Gasteiger partial charge >= 0.3 is 0 Å². The Morgan fingerprint density at radius 1 is 1.10 bits per heavy atom. The molecule has 0 spiro atoms. The molecule has 3 rings (SSSR count). The topological polar surface area (TPSA) is 76.1 Å². The van der Waals surface area contributed by atoms with E-state index in [1.54, 1.807) is 24.3 Å². The summed E-state index contributed by atoms with van der Waals surface area (Å²) < 4.78 is 35.1. The fourth-order valence-electron chi connectivity index (χ4n) is 3.54. The zero-order valence-corrected chi connectivity index (χ0v) is 18.6. The van der Waals surface area contributed by atoms with Crippen LogP contribution in [0.25, 0.3) is 0 Å². The second-order valence-corrected chi connectivity index (χ2v) is 10.1. The first-order valence-corrected chi connectivity index (χ1v) is 12.3. The van der Waals surface area contributed by atoms with Crippen LogP contribution in [0, 0.1) is 0 Å². The molecular formula is C22H28ClNO5S. The van der Waals surface area contributed by atoms with E-state index in [1.165, 1.54) is 0 Å². The molecule has 2 atom stereocenters. The van der Waals surface area contributed by atoms with Gasteiger partial charge < -0.3 is 14.6 Å². The van der Waals surface area contributed by atoms with Gasteiger partial charge in [-0.15, -0.1) is 0 Å². The predicted octanol–water partition coefficient (Wildman–Crippen LogP) is 3.17. The molecule has 1 heterocycles. The zero-order chi connectivity index (χ0) is 21.6. The van der Waals surface area contributed by atoms with Crippen molar-refractivity contribution < 1.29 is 23.0 Å². The average Bonchev–Trinajstić information content (AvgIpc) is 3.08. The van der Waals surface area contributed by atoms with Gasteiger partial charge in [-0.1, -0.05) is 23.7 Å². The molecule has 6 nitrogen and oxygen atoms in total. The quantitative estimate of drug-likeness (QED) is 0.595. The van der Waals surface area contributed by atoms with E-state index >= 15 is 0 Å². The van der Waals surface area contributed by atoms with Crippen LogP contribution in [-0.4, -0.2) is 61.8 Å². The van der Waals surface area contributed by atoms with E-state index in [1.807, 2.05) is 36.1 Å². The summed E-state index contributed by atoms with van der Waals surface area (Å²) in [4.78, 5) is 2.04. The fourth-order valence-corrected chi connectivity index (χ4v) is 5.43. The van der Waals surface area contributed by atoms with Crippen LogP contribution >= 0.6 is 11.6 Å². The smallest absolute Gasteiger partial charge is 0.151 e. The van der Waals surface area contributed by atoms with E-state index in [-0.39, 0.29) is 24.2 Å². The Balaban J connectivity index is 1.63. The minimum Gasteiger partial charge on any atom is -0.494 e. The Labute approximate surface area is 183 Å². The highest BCUT2D eigenvalue weighted by Crippen LogP contribution is 2.22. The number of aliphatic hydroxyl groups is 1. The minimum absolute atomic E-state index is 0.112. The molecule has 0 unspecified atom stereocenters. The highest BCUT2D eigenvalue weighted by Gasteiger charge is 2.33. The van der Waals surface area contributed by atoms with Gasteiger partial charge in [-0.3, -0.25) is 4.90 Å². The standard InChI is InChI=1S/C22H28ClNO5S/c1-2-28-21-7-3-17(4-8-21)13-24(19-11-12-30(26,27)16-19)14-20(25)15-29-22-9-5-18(23)6-10-22/h3-10,19-20,25H,2,11-16H2,1H3/t19-,20-/m0/s1. The third kappa shape index (κ3) is 6.87. The SMILES string of the molecule is CCOc1ccc(CN(C[C@H](O)COc2ccc(Cl)cc2)[C@H]2CCS(=O)(=O)C2)cc1. The van der Waals surface area contributed by atoms with Gasteiger partial charge in [0.25, 0.3) is 0 Å². The van der Waals surface area contributed by atoms with Gasteiger partial charge in [-0.05, 0) is 55.3 Å². The van der Waals surface area contributed by atoms with Gasteiger partial charge in [-0.25, -0.2) is 8.42 Å². The van der Waals surface area contributed by atoms with Crippen molar-refractivity contribution in [3.05, 3.63) is 59.1 Å². The number of hydrogen-bond acceptors (Lipinski definition) is 6.